The molecule has 2 heteroatoms. The van der Waals surface area contributed by atoms with Gasteiger partial charge in [-0.3, -0.25) is 0 Å². The summed E-state index contributed by atoms with van der Waals surface area (Å²) < 4.78 is 0. The van der Waals surface area contributed by atoms with Crippen LogP contribution in [0.1, 0.15) is 65.2 Å². The third-order valence-corrected chi connectivity index (χ3v) is 5.57. The van der Waals surface area contributed by atoms with Gasteiger partial charge >= 0.3 is 0 Å². The number of nitrogens with two attached hydrogens (primary N) is 1. The van der Waals surface area contributed by atoms with Crippen molar-refractivity contribution in [3.8, 4) is 0 Å². The highest BCUT2D eigenvalue weighted by atomic mass is 16.3. The Kier molecular flexibility index (Phi) is 3.09. The van der Waals surface area contributed by atoms with Crippen molar-refractivity contribution in [2.75, 3.05) is 6.54 Å². The second-order valence-electron chi connectivity index (χ2n) is 6.83. The largest absolute Gasteiger partial charge is 0.389 e. The van der Waals surface area contributed by atoms with Crippen LogP contribution in [0.2, 0.25) is 0 Å². The zero-order valence-electron chi connectivity index (χ0n) is 10.9. The Hall–Kier alpha value is -0.0800. The average Bonchev–Trinajstić information content (AvgIpc) is 2.72. The number of hydrogen-bond donors (Lipinski definition) is 2. The molecule has 0 amide bonds. The third kappa shape index (κ3) is 1.91. The van der Waals surface area contributed by atoms with Gasteiger partial charge in [-0.2, -0.15) is 0 Å². The van der Waals surface area contributed by atoms with Crippen LogP contribution >= 0.6 is 0 Å². The van der Waals surface area contributed by atoms with Gasteiger partial charge in [-0.05, 0) is 43.9 Å². The molecule has 0 aromatic heterocycles. The topological polar surface area (TPSA) is 46.2 Å². The smallest absolute Gasteiger partial charge is 0.0710 e. The molecule has 94 valence electrons. The van der Waals surface area contributed by atoms with Crippen molar-refractivity contribution in [1.29, 1.82) is 0 Å². The highest BCUT2D eigenvalue weighted by Crippen LogP contribution is 2.54. The second kappa shape index (κ2) is 3.99. The summed E-state index contributed by atoms with van der Waals surface area (Å²) in [7, 11) is 0. The molecular formula is C14H27NO. The normalized spacial score (nSPS) is 28.5. The first-order chi connectivity index (χ1) is 7.43. The summed E-state index contributed by atoms with van der Waals surface area (Å²) in [6, 6.07) is 0. The molecule has 2 nitrogen and oxygen atoms in total. The molecule has 1 spiro atoms. The van der Waals surface area contributed by atoms with Crippen molar-refractivity contribution in [1.82, 2.24) is 0 Å². The predicted molar refractivity (Wildman–Crippen MR) is 67.2 cm³/mol. The minimum absolute atomic E-state index is 0.132. The van der Waals surface area contributed by atoms with Crippen LogP contribution in [0.3, 0.4) is 0 Å². The van der Waals surface area contributed by atoms with E-state index < -0.39 is 5.60 Å². The maximum absolute atomic E-state index is 10.8. The van der Waals surface area contributed by atoms with Crippen LogP contribution in [0.5, 0.6) is 0 Å². The van der Waals surface area contributed by atoms with E-state index >= 15 is 0 Å². The van der Waals surface area contributed by atoms with Crippen LogP contribution < -0.4 is 5.73 Å². The zero-order chi connectivity index (χ0) is 11.9. The molecule has 3 N–H and O–H groups in total. The fraction of sp³-hybridized carbons (Fsp3) is 1.00. The summed E-state index contributed by atoms with van der Waals surface area (Å²) in [4.78, 5) is 0. The van der Waals surface area contributed by atoms with Gasteiger partial charge in [0.2, 0.25) is 0 Å². The Bertz CT molecular complexity index is 243. The maximum atomic E-state index is 10.8. The molecule has 16 heavy (non-hydrogen) atoms. The number of rotatable bonds is 2. The maximum Gasteiger partial charge on any atom is 0.0710 e. The van der Waals surface area contributed by atoms with E-state index in [1.165, 1.54) is 38.5 Å². The molecule has 2 fully saturated rings. The quantitative estimate of drug-likeness (QED) is 0.759. The van der Waals surface area contributed by atoms with Crippen LogP contribution in [0.25, 0.3) is 0 Å². The Balaban J connectivity index is 2.03. The summed E-state index contributed by atoms with van der Waals surface area (Å²) in [6.45, 7) is 4.80. The lowest BCUT2D eigenvalue weighted by atomic mass is 9.60. The van der Waals surface area contributed by atoms with Gasteiger partial charge in [-0.15, -0.1) is 0 Å². The fourth-order valence-corrected chi connectivity index (χ4v) is 3.69. The first kappa shape index (κ1) is 12.4. The molecule has 0 saturated heterocycles. The molecule has 2 aliphatic carbocycles. The number of aliphatic hydroxyl groups is 1. The SMILES string of the molecule is CC(C)(CN)C1(O)CCC2(CCCC2)CC1. The highest BCUT2D eigenvalue weighted by Gasteiger charge is 2.49. The van der Waals surface area contributed by atoms with E-state index in [0.29, 0.717) is 12.0 Å². The van der Waals surface area contributed by atoms with Crippen molar-refractivity contribution in [3.63, 3.8) is 0 Å². The van der Waals surface area contributed by atoms with Gasteiger partial charge in [0.15, 0.2) is 0 Å². The third-order valence-electron chi connectivity index (χ3n) is 5.57. The molecule has 0 bridgehead atoms. The first-order valence-electron chi connectivity index (χ1n) is 6.86. The van der Waals surface area contributed by atoms with E-state index in [2.05, 4.69) is 13.8 Å². The predicted octanol–water partition coefficient (Wildman–Crippen LogP) is 2.84. The molecule has 2 rings (SSSR count). The zero-order valence-corrected chi connectivity index (χ0v) is 10.9. The fourth-order valence-electron chi connectivity index (χ4n) is 3.69. The Morgan fingerprint density at radius 1 is 1.00 bits per heavy atom. The van der Waals surface area contributed by atoms with Gasteiger partial charge in [-0.1, -0.05) is 26.7 Å². The molecule has 2 saturated carbocycles. The second-order valence-corrected chi connectivity index (χ2v) is 6.83. The van der Waals surface area contributed by atoms with Crippen molar-refractivity contribution in [3.05, 3.63) is 0 Å². The molecule has 2 aliphatic rings. The van der Waals surface area contributed by atoms with Crippen molar-refractivity contribution >= 4 is 0 Å². The lowest BCUT2D eigenvalue weighted by Crippen LogP contribution is -2.52. The minimum Gasteiger partial charge on any atom is -0.389 e. The monoisotopic (exact) mass is 225 g/mol. The van der Waals surface area contributed by atoms with Gasteiger partial charge < -0.3 is 10.8 Å². The highest BCUT2D eigenvalue weighted by molar-refractivity contribution is 5.01. The summed E-state index contributed by atoms with van der Waals surface area (Å²) in [6.07, 6.45) is 9.93. The van der Waals surface area contributed by atoms with Crippen LogP contribution in [0, 0.1) is 10.8 Å². The van der Waals surface area contributed by atoms with Gasteiger partial charge in [0.05, 0.1) is 5.60 Å². The van der Waals surface area contributed by atoms with Gasteiger partial charge in [-0.25, -0.2) is 0 Å². The Morgan fingerprint density at radius 3 is 1.94 bits per heavy atom. The molecule has 0 unspecified atom stereocenters. The summed E-state index contributed by atoms with van der Waals surface area (Å²) in [5.41, 5.74) is 5.75. The first-order valence-corrected chi connectivity index (χ1v) is 6.86. The molecule has 0 aromatic carbocycles. The van der Waals surface area contributed by atoms with Crippen molar-refractivity contribution in [2.45, 2.75) is 70.8 Å². The van der Waals surface area contributed by atoms with Crippen LogP contribution in [-0.4, -0.2) is 17.3 Å². The standard InChI is InChI=1S/C14H27NO/c1-12(2,11-15)14(16)9-7-13(8-10-14)5-3-4-6-13/h16H,3-11,15H2,1-2H3. The van der Waals surface area contributed by atoms with E-state index in [0.717, 1.165) is 12.8 Å². The lowest BCUT2D eigenvalue weighted by molar-refractivity contribution is -0.110. The molecule has 0 aliphatic heterocycles. The van der Waals surface area contributed by atoms with Gasteiger partial charge in [0.25, 0.3) is 0 Å². The number of hydrogen-bond acceptors (Lipinski definition) is 2. The summed E-state index contributed by atoms with van der Waals surface area (Å²) in [5.74, 6) is 0. The molecule has 0 radical (unpaired) electrons. The van der Waals surface area contributed by atoms with Crippen molar-refractivity contribution in [2.24, 2.45) is 16.6 Å². The Morgan fingerprint density at radius 2 is 1.50 bits per heavy atom. The van der Waals surface area contributed by atoms with E-state index in [9.17, 15) is 5.11 Å². The lowest BCUT2D eigenvalue weighted by Gasteiger charge is -2.49. The molecular weight excluding hydrogens is 198 g/mol. The molecule has 0 atom stereocenters. The Labute approximate surface area is 99.6 Å². The van der Waals surface area contributed by atoms with Crippen LogP contribution in [-0.2, 0) is 0 Å². The van der Waals surface area contributed by atoms with E-state index in [-0.39, 0.29) is 5.41 Å². The van der Waals surface area contributed by atoms with Crippen LogP contribution in [0.4, 0.5) is 0 Å². The van der Waals surface area contributed by atoms with Crippen molar-refractivity contribution < 1.29 is 5.11 Å². The van der Waals surface area contributed by atoms with E-state index in [1.54, 1.807) is 0 Å². The molecule has 0 aromatic rings. The van der Waals surface area contributed by atoms with E-state index in [4.69, 9.17) is 5.73 Å². The summed E-state index contributed by atoms with van der Waals surface area (Å²) in [5, 5.41) is 10.8. The van der Waals surface area contributed by atoms with Crippen LogP contribution in [0.15, 0.2) is 0 Å². The minimum atomic E-state index is -0.518. The van der Waals surface area contributed by atoms with Gasteiger partial charge in [0.1, 0.15) is 0 Å². The summed E-state index contributed by atoms with van der Waals surface area (Å²) >= 11 is 0. The van der Waals surface area contributed by atoms with Gasteiger partial charge in [0, 0.05) is 12.0 Å². The molecule has 0 heterocycles. The average molecular weight is 225 g/mol. The van der Waals surface area contributed by atoms with E-state index in [1.807, 2.05) is 0 Å².